The van der Waals surface area contributed by atoms with Crippen LogP contribution in [0.25, 0.3) is 0 Å². The van der Waals surface area contributed by atoms with Crippen LogP contribution >= 0.6 is 34.9 Å². The first-order valence-corrected chi connectivity index (χ1v) is 11.0. The van der Waals surface area contributed by atoms with Gasteiger partial charge >= 0.3 is 6.03 Å². The van der Waals surface area contributed by atoms with Crippen molar-refractivity contribution in [2.75, 3.05) is 5.32 Å². The summed E-state index contributed by atoms with van der Waals surface area (Å²) in [6, 6.07) is 4.46. The van der Waals surface area contributed by atoms with Crippen LogP contribution in [0.2, 0.25) is 4.34 Å². The fourth-order valence-corrected chi connectivity index (χ4v) is 5.25. The van der Waals surface area contributed by atoms with Gasteiger partial charge in [0.15, 0.2) is 0 Å². The molecule has 0 aliphatic heterocycles. The number of hydrogen-bond donors (Lipinski definition) is 3. The van der Waals surface area contributed by atoms with Crippen molar-refractivity contribution in [1.82, 2.24) is 4.72 Å². The Morgan fingerprint density at radius 2 is 1.89 bits per heavy atom. The molecule has 2 amide bonds. The third-order valence-electron chi connectivity index (χ3n) is 4.23. The van der Waals surface area contributed by atoms with E-state index in [1.165, 1.54) is 17.4 Å². The summed E-state index contributed by atoms with van der Waals surface area (Å²) in [6.07, 6.45) is 0. The molecule has 0 spiro atoms. The summed E-state index contributed by atoms with van der Waals surface area (Å²) in [5.74, 6) is -0.277. The molecule has 1 heterocycles. The molecule has 0 aliphatic carbocycles. The van der Waals surface area contributed by atoms with Crippen molar-refractivity contribution in [3.63, 3.8) is 0 Å². The Kier molecular flexibility index (Phi) is 7.42. The maximum absolute atomic E-state index is 14.4. The zero-order valence-corrected chi connectivity index (χ0v) is 19.2. The SMILES string of the molecule is CC(C)c1ccc(F)c(C(C)C)c1NC(=O)NSc1cc(C(C)(C)O)c(Cl)s1. The van der Waals surface area contributed by atoms with E-state index in [0.29, 0.717) is 21.2 Å². The minimum absolute atomic E-state index is 0.0768. The summed E-state index contributed by atoms with van der Waals surface area (Å²) in [7, 11) is 0. The molecule has 0 bridgehead atoms. The van der Waals surface area contributed by atoms with Crippen LogP contribution in [-0.4, -0.2) is 11.1 Å². The molecule has 2 aromatic rings. The zero-order valence-electron chi connectivity index (χ0n) is 16.8. The summed E-state index contributed by atoms with van der Waals surface area (Å²) in [6.45, 7) is 11.1. The van der Waals surface area contributed by atoms with Gasteiger partial charge in [-0.3, -0.25) is 4.72 Å². The highest BCUT2D eigenvalue weighted by Gasteiger charge is 2.23. The minimum atomic E-state index is -1.06. The molecule has 0 fully saturated rings. The molecule has 1 aromatic carbocycles. The van der Waals surface area contributed by atoms with Gasteiger partial charge in [0.05, 0.1) is 15.5 Å². The summed E-state index contributed by atoms with van der Waals surface area (Å²) in [5.41, 5.74) is 1.44. The number of aliphatic hydroxyl groups is 1. The fraction of sp³-hybridized carbons (Fsp3) is 0.450. The van der Waals surface area contributed by atoms with Gasteiger partial charge in [-0.2, -0.15) is 0 Å². The van der Waals surface area contributed by atoms with Crippen LogP contribution in [0.4, 0.5) is 14.9 Å². The summed E-state index contributed by atoms with van der Waals surface area (Å²) in [4.78, 5) is 12.5. The monoisotopic (exact) mass is 444 g/mol. The van der Waals surface area contributed by atoms with Crippen LogP contribution in [0, 0.1) is 5.82 Å². The van der Waals surface area contributed by atoms with Gasteiger partial charge in [0.25, 0.3) is 0 Å². The van der Waals surface area contributed by atoms with Crippen molar-refractivity contribution in [3.8, 4) is 0 Å². The Labute approximate surface area is 179 Å². The van der Waals surface area contributed by atoms with Gasteiger partial charge in [-0.25, -0.2) is 9.18 Å². The van der Waals surface area contributed by atoms with Crippen LogP contribution in [0.5, 0.6) is 0 Å². The van der Waals surface area contributed by atoms with Gasteiger partial charge in [-0.15, -0.1) is 11.3 Å². The smallest absolute Gasteiger partial charge is 0.329 e. The molecule has 0 unspecified atom stereocenters. The van der Waals surface area contributed by atoms with Gasteiger partial charge in [-0.1, -0.05) is 45.4 Å². The lowest BCUT2D eigenvalue weighted by Gasteiger charge is -2.20. The van der Waals surface area contributed by atoms with Crippen molar-refractivity contribution < 1.29 is 14.3 Å². The number of carbonyl (C=O) groups is 1. The average molecular weight is 445 g/mol. The molecule has 3 N–H and O–H groups in total. The van der Waals surface area contributed by atoms with E-state index in [4.69, 9.17) is 11.6 Å². The van der Waals surface area contributed by atoms with Crippen LogP contribution < -0.4 is 10.0 Å². The Bertz CT molecular complexity index is 861. The molecular formula is C20H26ClFN2O2S2. The summed E-state index contributed by atoms with van der Waals surface area (Å²) >= 11 is 8.55. The van der Waals surface area contributed by atoms with Crippen LogP contribution in [0.1, 0.15) is 70.1 Å². The highest BCUT2D eigenvalue weighted by atomic mass is 35.5. The van der Waals surface area contributed by atoms with Crippen LogP contribution in [0.3, 0.4) is 0 Å². The summed E-state index contributed by atoms with van der Waals surface area (Å²) in [5, 5.41) is 12.9. The Morgan fingerprint density at radius 3 is 2.39 bits per heavy atom. The largest absolute Gasteiger partial charge is 0.386 e. The van der Waals surface area contributed by atoms with E-state index in [1.54, 1.807) is 26.0 Å². The van der Waals surface area contributed by atoms with Crippen molar-refractivity contribution in [1.29, 1.82) is 0 Å². The second-order valence-electron chi connectivity index (χ2n) is 7.70. The van der Waals surface area contributed by atoms with E-state index in [2.05, 4.69) is 10.0 Å². The molecular weight excluding hydrogens is 419 g/mol. The quantitative estimate of drug-likeness (QED) is 0.427. The summed E-state index contributed by atoms with van der Waals surface area (Å²) < 4.78 is 18.3. The number of anilines is 1. The molecule has 8 heteroatoms. The van der Waals surface area contributed by atoms with Crippen LogP contribution in [-0.2, 0) is 5.60 Å². The van der Waals surface area contributed by atoms with Crippen molar-refractivity contribution in [2.45, 2.75) is 63.2 Å². The van der Waals surface area contributed by atoms with Gasteiger partial charge < -0.3 is 10.4 Å². The number of amides is 2. The number of thiophene rings is 1. The molecule has 1 aromatic heterocycles. The van der Waals surface area contributed by atoms with Gasteiger partial charge in [0.2, 0.25) is 0 Å². The molecule has 0 saturated heterocycles. The van der Waals surface area contributed by atoms with E-state index in [-0.39, 0.29) is 17.7 Å². The maximum atomic E-state index is 14.4. The third kappa shape index (κ3) is 5.41. The number of urea groups is 1. The van der Waals surface area contributed by atoms with E-state index >= 15 is 0 Å². The van der Waals surface area contributed by atoms with Gasteiger partial charge in [0.1, 0.15) is 10.2 Å². The third-order valence-corrected chi connectivity index (χ3v) is 6.49. The highest BCUT2D eigenvalue weighted by molar-refractivity contribution is 7.99. The second-order valence-corrected chi connectivity index (χ2v) is 10.5. The van der Waals surface area contributed by atoms with E-state index in [0.717, 1.165) is 21.7 Å². The lowest BCUT2D eigenvalue weighted by atomic mass is 9.92. The first kappa shape index (κ1) is 23.0. The number of rotatable bonds is 6. The Hall–Kier alpha value is -1.28. The fourth-order valence-electron chi connectivity index (χ4n) is 2.85. The Balaban J connectivity index is 2.19. The van der Waals surface area contributed by atoms with E-state index < -0.39 is 11.6 Å². The molecule has 0 aliphatic rings. The molecule has 0 atom stereocenters. The highest BCUT2D eigenvalue weighted by Crippen LogP contribution is 2.39. The molecule has 154 valence electrons. The minimum Gasteiger partial charge on any atom is -0.386 e. The first-order valence-electron chi connectivity index (χ1n) is 9.00. The molecule has 2 rings (SSSR count). The molecule has 4 nitrogen and oxygen atoms in total. The topological polar surface area (TPSA) is 61.4 Å². The molecule has 0 radical (unpaired) electrons. The van der Waals surface area contributed by atoms with Gasteiger partial charge in [-0.05, 0) is 55.3 Å². The number of carbonyl (C=O) groups excluding carboxylic acids is 1. The second kappa shape index (κ2) is 9.03. The standard InChI is InChI=1S/C20H26ClFN2O2S2/c1-10(2)12-7-8-14(22)16(11(3)4)17(12)23-19(25)24-28-15-9-13(18(21)27-15)20(5,6)26/h7-11,26H,1-6H3,(H2,23,24,25). The number of hydrogen-bond acceptors (Lipinski definition) is 4. The predicted molar refractivity (Wildman–Crippen MR) is 117 cm³/mol. The van der Waals surface area contributed by atoms with Crippen molar-refractivity contribution >= 4 is 46.6 Å². The molecule has 28 heavy (non-hydrogen) atoms. The van der Waals surface area contributed by atoms with Crippen molar-refractivity contribution in [2.24, 2.45) is 0 Å². The van der Waals surface area contributed by atoms with E-state index in [1.807, 2.05) is 27.7 Å². The molecule has 0 saturated carbocycles. The first-order chi connectivity index (χ1) is 12.9. The lowest BCUT2D eigenvalue weighted by Crippen LogP contribution is -2.24. The number of nitrogens with one attached hydrogen (secondary N) is 2. The Morgan fingerprint density at radius 1 is 1.25 bits per heavy atom. The van der Waals surface area contributed by atoms with Crippen LogP contribution in [0.15, 0.2) is 22.4 Å². The lowest BCUT2D eigenvalue weighted by molar-refractivity contribution is 0.0790. The van der Waals surface area contributed by atoms with Gasteiger partial charge in [0, 0.05) is 11.1 Å². The average Bonchev–Trinajstić information content (AvgIpc) is 2.93. The van der Waals surface area contributed by atoms with E-state index in [9.17, 15) is 14.3 Å². The number of benzene rings is 1. The predicted octanol–water partition coefficient (Wildman–Crippen LogP) is 6.84. The maximum Gasteiger partial charge on any atom is 0.329 e. The normalized spacial score (nSPS) is 12.0. The number of halogens is 2. The van der Waals surface area contributed by atoms with Crippen molar-refractivity contribution in [3.05, 3.63) is 45.0 Å². The zero-order chi connectivity index (χ0) is 21.2.